The fourth-order valence-electron chi connectivity index (χ4n) is 2.24. The quantitative estimate of drug-likeness (QED) is 0.710. The third kappa shape index (κ3) is 2.92. The Labute approximate surface area is 152 Å². The molecule has 1 aliphatic rings. The van der Waals surface area contributed by atoms with Gasteiger partial charge in [0.25, 0.3) is 0 Å². The topological polar surface area (TPSA) is 53.0 Å². The Morgan fingerprint density at radius 3 is 2.70 bits per heavy atom. The second-order valence-corrected chi connectivity index (χ2v) is 7.05. The molecule has 0 unspecified atom stereocenters. The molecule has 0 radical (unpaired) electrons. The number of rotatable bonds is 3. The van der Waals surface area contributed by atoms with Crippen molar-refractivity contribution in [2.75, 3.05) is 0 Å². The van der Waals surface area contributed by atoms with Gasteiger partial charge in [0, 0.05) is 21.0 Å². The van der Waals surface area contributed by atoms with E-state index in [0.29, 0.717) is 12.8 Å². The first-order valence-electron chi connectivity index (χ1n) is 6.05. The maximum atomic E-state index is 11.4. The summed E-state index contributed by atoms with van der Waals surface area (Å²) in [6.07, 6.45) is 4.03. The van der Waals surface area contributed by atoms with Crippen molar-refractivity contribution in [1.82, 2.24) is 4.98 Å². The first-order chi connectivity index (χ1) is 9.11. The van der Waals surface area contributed by atoms with Crippen molar-refractivity contribution in [2.45, 2.75) is 28.9 Å². The molecule has 1 fully saturated rings. The molecule has 0 N–H and O–H groups in total. The summed E-state index contributed by atoms with van der Waals surface area (Å²) in [4.78, 5) is 16.6. The van der Waals surface area contributed by atoms with Crippen LogP contribution in [0.1, 0.15) is 19.3 Å². The van der Waals surface area contributed by atoms with Crippen LogP contribution in [0.25, 0.3) is 10.9 Å². The monoisotopic (exact) mass is 359 g/mol. The molecule has 0 amide bonds. The molecule has 0 atom stereocenters. The van der Waals surface area contributed by atoms with Gasteiger partial charge in [-0.2, -0.15) is 0 Å². The fraction of sp³-hybridized carbons (Fsp3) is 0.286. The van der Waals surface area contributed by atoms with E-state index in [4.69, 9.17) is 0 Å². The van der Waals surface area contributed by atoms with Gasteiger partial charge in [0.15, 0.2) is 0 Å². The minimum atomic E-state index is -0.955. The van der Waals surface area contributed by atoms with Crippen molar-refractivity contribution in [3.8, 4) is 0 Å². The van der Waals surface area contributed by atoms with Gasteiger partial charge in [-0.05, 0) is 43.5 Å². The van der Waals surface area contributed by atoms with Gasteiger partial charge in [-0.15, -0.1) is 11.8 Å². The van der Waals surface area contributed by atoms with Gasteiger partial charge in [0.1, 0.15) is 0 Å². The summed E-state index contributed by atoms with van der Waals surface area (Å²) in [7, 11) is 0. The van der Waals surface area contributed by atoms with Crippen LogP contribution < -0.4 is 34.7 Å². The third-order valence-electron chi connectivity index (χ3n) is 3.50. The molecule has 1 aliphatic carbocycles. The van der Waals surface area contributed by atoms with Crippen LogP contribution in [0.4, 0.5) is 0 Å². The predicted molar refractivity (Wildman–Crippen MR) is 76.9 cm³/mol. The van der Waals surface area contributed by atoms with Crippen LogP contribution in [-0.4, -0.2) is 15.7 Å². The van der Waals surface area contributed by atoms with E-state index < -0.39 is 10.7 Å². The molecule has 1 saturated carbocycles. The number of pyridine rings is 1. The van der Waals surface area contributed by atoms with E-state index in [9.17, 15) is 9.90 Å². The van der Waals surface area contributed by atoms with Crippen LogP contribution in [0.15, 0.2) is 39.8 Å². The minimum Gasteiger partial charge on any atom is -0.549 e. The van der Waals surface area contributed by atoms with E-state index in [2.05, 4.69) is 20.9 Å². The smallest absolute Gasteiger partial charge is 0.549 e. The van der Waals surface area contributed by atoms with Crippen molar-refractivity contribution in [3.05, 3.63) is 34.9 Å². The summed E-state index contributed by atoms with van der Waals surface area (Å²) in [5.41, 5.74) is 0.876. The number of aromatic nitrogens is 1. The number of carbonyl (C=O) groups is 1. The van der Waals surface area contributed by atoms with Crippen LogP contribution in [0.5, 0.6) is 0 Å². The molecular weight excluding hydrogens is 349 g/mol. The van der Waals surface area contributed by atoms with Gasteiger partial charge < -0.3 is 9.90 Å². The van der Waals surface area contributed by atoms with Gasteiger partial charge in [-0.25, -0.2) is 0 Å². The summed E-state index contributed by atoms with van der Waals surface area (Å²) in [6, 6.07) is 7.71. The number of hydrogen-bond donors (Lipinski definition) is 0. The van der Waals surface area contributed by atoms with Crippen molar-refractivity contribution < 1.29 is 39.5 Å². The van der Waals surface area contributed by atoms with Crippen LogP contribution in [-0.2, 0) is 4.79 Å². The van der Waals surface area contributed by atoms with Crippen molar-refractivity contribution >= 4 is 44.6 Å². The maximum Gasteiger partial charge on any atom is 1.00 e. The molecule has 98 valence electrons. The zero-order chi connectivity index (χ0) is 13.5. The SMILES string of the molecule is O=C([O-])C1(Sc2ccnc3ccc(Br)cc23)CCC1.[Na+]. The molecule has 0 spiro atoms. The fourth-order valence-corrected chi connectivity index (χ4v) is 4.00. The largest absolute Gasteiger partial charge is 1.00 e. The number of nitrogens with zero attached hydrogens (tertiary/aromatic N) is 1. The third-order valence-corrected chi connectivity index (χ3v) is 5.54. The van der Waals surface area contributed by atoms with Crippen molar-refractivity contribution in [3.63, 3.8) is 0 Å². The Morgan fingerprint density at radius 2 is 2.10 bits per heavy atom. The zero-order valence-electron chi connectivity index (χ0n) is 11.1. The number of carbonyl (C=O) groups excluding carboxylic acids is 1. The number of thioether (sulfide) groups is 1. The van der Waals surface area contributed by atoms with Crippen LogP contribution in [0.2, 0.25) is 0 Å². The van der Waals surface area contributed by atoms with E-state index >= 15 is 0 Å². The average molecular weight is 360 g/mol. The molecule has 0 bridgehead atoms. The Hall–Kier alpha value is -0.0700. The number of halogens is 1. The molecule has 0 saturated heterocycles. The second-order valence-electron chi connectivity index (χ2n) is 4.71. The predicted octanol–water partition coefficient (Wildman–Crippen LogP) is -0.234. The normalized spacial score (nSPS) is 16.2. The van der Waals surface area contributed by atoms with Gasteiger partial charge in [0.2, 0.25) is 0 Å². The summed E-state index contributed by atoms with van der Waals surface area (Å²) < 4.78 is 0.210. The standard InChI is InChI=1S/C14H12BrNO2S.Na/c15-9-2-3-11-10(8-9)12(4-7-16-11)19-14(13(17)18)5-1-6-14;/h2-4,7-8H,1,5-6H2,(H,17,18);/q;+1/p-1. The van der Waals surface area contributed by atoms with Gasteiger partial charge in [-0.3, -0.25) is 4.98 Å². The maximum absolute atomic E-state index is 11.4. The molecule has 3 nitrogen and oxygen atoms in total. The number of aliphatic carboxylic acids is 1. The molecule has 3 rings (SSSR count). The number of benzene rings is 1. The zero-order valence-corrected chi connectivity index (χ0v) is 15.5. The van der Waals surface area contributed by atoms with Crippen LogP contribution in [0, 0.1) is 0 Å². The number of carboxylic acids is 1. The Balaban J connectivity index is 0.00000147. The van der Waals surface area contributed by atoms with Crippen LogP contribution in [0.3, 0.4) is 0 Å². The average Bonchev–Trinajstić information content (AvgIpc) is 2.33. The summed E-state index contributed by atoms with van der Waals surface area (Å²) in [6.45, 7) is 0. The van der Waals surface area contributed by atoms with Crippen LogP contribution >= 0.6 is 27.7 Å². The van der Waals surface area contributed by atoms with Crippen molar-refractivity contribution in [2.24, 2.45) is 0 Å². The van der Waals surface area contributed by atoms with E-state index in [-0.39, 0.29) is 29.6 Å². The van der Waals surface area contributed by atoms with Gasteiger partial charge in [0.05, 0.1) is 16.2 Å². The van der Waals surface area contributed by atoms with E-state index in [0.717, 1.165) is 26.7 Å². The Bertz CT molecular complexity index is 661. The molecule has 2 aromatic rings. The first kappa shape index (κ1) is 16.3. The van der Waals surface area contributed by atoms with E-state index in [1.54, 1.807) is 6.20 Å². The summed E-state index contributed by atoms with van der Waals surface area (Å²) in [5, 5.41) is 12.3. The number of hydrogen-bond acceptors (Lipinski definition) is 4. The Kier molecular flexibility index (Phi) is 5.19. The molecule has 20 heavy (non-hydrogen) atoms. The molecular formula is C14H11BrNNaO2S. The van der Waals surface area contributed by atoms with Crippen molar-refractivity contribution in [1.29, 1.82) is 0 Å². The summed E-state index contributed by atoms with van der Waals surface area (Å²) in [5.74, 6) is -0.955. The second kappa shape index (κ2) is 6.36. The number of carboxylic acid groups (broad SMARTS) is 1. The Morgan fingerprint density at radius 1 is 1.35 bits per heavy atom. The number of fused-ring (bicyclic) bond motifs is 1. The van der Waals surface area contributed by atoms with E-state index in [1.165, 1.54) is 11.8 Å². The minimum absolute atomic E-state index is 0. The first-order valence-corrected chi connectivity index (χ1v) is 7.66. The molecule has 0 aliphatic heterocycles. The molecule has 1 aromatic carbocycles. The molecule has 6 heteroatoms. The molecule has 1 heterocycles. The van der Waals surface area contributed by atoms with Gasteiger partial charge >= 0.3 is 29.6 Å². The van der Waals surface area contributed by atoms with Gasteiger partial charge in [-0.1, -0.05) is 15.9 Å². The van der Waals surface area contributed by atoms with E-state index in [1.807, 2.05) is 24.3 Å². The summed E-state index contributed by atoms with van der Waals surface area (Å²) >= 11 is 4.84. The molecule has 1 aromatic heterocycles.